The molecular weight excluding hydrogens is 458 g/mol. The molecule has 1 amide bonds. The minimum Gasteiger partial charge on any atom is -0.493 e. The minimum absolute atomic E-state index is 0.0479. The molecule has 2 aromatic rings. The van der Waals surface area contributed by atoms with Crippen LogP contribution in [0.25, 0.3) is 0 Å². The van der Waals surface area contributed by atoms with E-state index in [0.29, 0.717) is 49.0 Å². The molecule has 1 atom stereocenters. The Morgan fingerprint density at radius 1 is 1.15 bits per heavy atom. The Morgan fingerprint density at radius 2 is 1.88 bits per heavy atom. The van der Waals surface area contributed by atoms with Gasteiger partial charge in [0.2, 0.25) is 10.0 Å². The van der Waals surface area contributed by atoms with E-state index in [0.717, 1.165) is 18.7 Å². The first-order valence-corrected chi connectivity index (χ1v) is 12.7. The van der Waals surface area contributed by atoms with E-state index in [1.54, 1.807) is 20.1 Å². The molecule has 1 heterocycles. The number of aryl methyl sites for hydroxylation is 1. The molecule has 1 aliphatic heterocycles. The average Bonchev–Trinajstić information content (AvgIpc) is 2.85. The summed E-state index contributed by atoms with van der Waals surface area (Å²) < 4.78 is 43.4. The third-order valence-corrected chi connectivity index (χ3v) is 7.26. The highest BCUT2D eigenvalue weighted by Crippen LogP contribution is 2.32. The monoisotopic (exact) mass is 491 g/mol. The Hall–Kier alpha value is -2.66. The second kappa shape index (κ2) is 11.7. The number of amides is 1. The largest absolute Gasteiger partial charge is 0.493 e. The van der Waals surface area contributed by atoms with Gasteiger partial charge in [0.15, 0.2) is 11.5 Å². The van der Waals surface area contributed by atoms with Crippen molar-refractivity contribution in [2.45, 2.75) is 24.8 Å². The summed E-state index contributed by atoms with van der Waals surface area (Å²) in [5.41, 5.74) is 1.99. The van der Waals surface area contributed by atoms with Crippen LogP contribution in [-0.4, -0.2) is 72.8 Å². The van der Waals surface area contributed by atoms with Crippen LogP contribution in [0, 0.1) is 6.92 Å². The van der Waals surface area contributed by atoms with E-state index in [1.807, 2.05) is 25.1 Å². The Morgan fingerprint density at radius 3 is 2.53 bits per heavy atom. The van der Waals surface area contributed by atoms with Crippen molar-refractivity contribution in [1.29, 1.82) is 0 Å². The molecule has 34 heavy (non-hydrogen) atoms. The van der Waals surface area contributed by atoms with Gasteiger partial charge in [-0.25, -0.2) is 13.1 Å². The number of nitrogens with one attached hydrogen (secondary N) is 2. The molecule has 0 saturated carbocycles. The normalized spacial score (nSPS) is 15.5. The van der Waals surface area contributed by atoms with E-state index < -0.39 is 10.0 Å². The lowest BCUT2D eigenvalue weighted by atomic mass is 10.0. The average molecular weight is 492 g/mol. The van der Waals surface area contributed by atoms with Gasteiger partial charge >= 0.3 is 0 Å². The van der Waals surface area contributed by atoms with Gasteiger partial charge in [-0.2, -0.15) is 0 Å². The van der Waals surface area contributed by atoms with E-state index in [2.05, 4.69) is 14.9 Å². The van der Waals surface area contributed by atoms with E-state index in [4.69, 9.17) is 14.2 Å². The Labute approximate surface area is 201 Å². The van der Waals surface area contributed by atoms with Crippen molar-refractivity contribution in [3.8, 4) is 11.5 Å². The second-order valence-electron chi connectivity index (χ2n) is 7.90. The third-order valence-electron chi connectivity index (χ3n) is 5.85. The summed E-state index contributed by atoms with van der Waals surface area (Å²) in [4.78, 5) is 15.4. The fraction of sp³-hybridized carbons (Fsp3) is 0.458. The molecule has 186 valence electrons. The minimum atomic E-state index is -3.66. The molecule has 1 aliphatic rings. The number of ether oxygens (including phenoxy) is 3. The highest BCUT2D eigenvalue weighted by molar-refractivity contribution is 7.89. The predicted molar refractivity (Wildman–Crippen MR) is 129 cm³/mol. The van der Waals surface area contributed by atoms with E-state index in [9.17, 15) is 13.2 Å². The van der Waals surface area contributed by atoms with Gasteiger partial charge in [-0.1, -0.05) is 12.1 Å². The van der Waals surface area contributed by atoms with Gasteiger partial charge in [0, 0.05) is 25.2 Å². The Balaban J connectivity index is 1.86. The number of benzene rings is 2. The van der Waals surface area contributed by atoms with Crippen LogP contribution in [0.15, 0.2) is 41.3 Å². The first-order valence-electron chi connectivity index (χ1n) is 11.3. The molecule has 0 spiro atoms. The first kappa shape index (κ1) is 26.0. The zero-order valence-corrected chi connectivity index (χ0v) is 20.9. The van der Waals surface area contributed by atoms with Crippen LogP contribution in [0.4, 0.5) is 0 Å². The number of morpholine rings is 1. The fourth-order valence-electron chi connectivity index (χ4n) is 3.93. The molecule has 3 rings (SSSR count). The molecule has 2 N–H and O–H groups in total. The summed E-state index contributed by atoms with van der Waals surface area (Å²) >= 11 is 0. The van der Waals surface area contributed by atoms with Crippen molar-refractivity contribution in [3.63, 3.8) is 0 Å². The second-order valence-corrected chi connectivity index (χ2v) is 9.79. The van der Waals surface area contributed by atoms with E-state index in [1.165, 1.54) is 19.2 Å². The van der Waals surface area contributed by atoms with Crippen molar-refractivity contribution in [3.05, 3.63) is 53.1 Å². The van der Waals surface area contributed by atoms with Crippen LogP contribution in [0.5, 0.6) is 11.5 Å². The molecule has 9 nitrogen and oxygen atoms in total. The third kappa shape index (κ3) is 6.06. The van der Waals surface area contributed by atoms with Crippen LogP contribution >= 0.6 is 0 Å². The molecule has 1 fully saturated rings. The van der Waals surface area contributed by atoms with Crippen molar-refractivity contribution in [1.82, 2.24) is 14.9 Å². The molecule has 0 aliphatic carbocycles. The summed E-state index contributed by atoms with van der Waals surface area (Å²) in [7, 11) is -0.717. The number of rotatable bonds is 10. The highest BCUT2D eigenvalue weighted by Gasteiger charge is 2.25. The Bertz CT molecular complexity index is 1100. The van der Waals surface area contributed by atoms with Crippen molar-refractivity contribution in [2.24, 2.45) is 0 Å². The first-order chi connectivity index (χ1) is 16.3. The fourth-order valence-corrected chi connectivity index (χ4v) is 4.68. The quantitative estimate of drug-likeness (QED) is 0.524. The highest BCUT2D eigenvalue weighted by atomic mass is 32.2. The zero-order chi connectivity index (χ0) is 24.7. The van der Waals surface area contributed by atoms with Crippen molar-refractivity contribution >= 4 is 15.9 Å². The molecule has 1 saturated heterocycles. The number of hydrogen-bond donors (Lipinski definition) is 2. The lowest BCUT2D eigenvalue weighted by Gasteiger charge is -2.35. The topological polar surface area (TPSA) is 106 Å². The molecule has 0 aromatic heterocycles. The van der Waals surface area contributed by atoms with Gasteiger partial charge < -0.3 is 19.5 Å². The summed E-state index contributed by atoms with van der Waals surface area (Å²) in [5.74, 6) is 0.961. The number of carbonyl (C=O) groups excluding carboxylic acids is 1. The smallest absolute Gasteiger partial charge is 0.251 e. The van der Waals surface area contributed by atoms with Gasteiger partial charge in [0.05, 0.1) is 37.9 Å². The maximum Gasteiger partial charge on any atom is 0.251 e. The van der Waals surface area contributed by atoms with Crippen LogP contribution < -0.4 is 19.5 Å². The molecule has 0 radical (unpaired) electrons. The maximum atomic E-state index is 13.1. The lowest BCUT2D eigenvalue weighted by molar-refractivity contribution is 0.0162. The number of sulfonamides is 1. The summed E-state index contributed by atoms with van der Waals surface area (Å²) in [6.07, 6.45) is 0. The summed E-state index contributed by atoms with van der Waals surface area (Å²) in [5, 5.41) is 3.00. The Kier molecular flexibility index (Phi) is 8.90. The van der Waals surface area contributed by atoms with E-state index in [-0.39, 0.29) is 16.8 Å². The van der Waals surface area contributed by atoms with Crippen LogP contribution in [0.1, 0.15) is 34.5 Å². The predicted octanol–water partition coefficient (Wildman–Crippen LogP) is 2.11. The molecule has 0 bridgehead atoms. The standard InChI is InChI=1S/C24H33N3O6S/c1-5-33-22-9-7-18(14-23(22)31-4)21(27-10-12-32-13-11-27)16-26-24(28)20-15-19(8-6-17(20)2)34(29,30)25-3/h6-9,14-15,21,25H,5,10-13,16H2,1-4H3,(H,26,28). The van der Waals surface area contributed by atoms with Gasteiger partial charge in [-0.05, 0) is 56.3 Å². The van der Waals surface area contributed by atoms with Gasteiger partial charge in [0.25, 0.3) is 5.91 Å². The van der Waals surface area contributed by atoms with Crippen LogP contribution in [0.3, 0.4) is 0 Å². The number of nitrogens with zero attached hydrogens (tertiary/aromatic N) is 1. The number of carbonyl (C=O) groups is 1. The van der Waals surface area contributed by atoms with Gasteiger partial charge in [-0.3, -0.25) is 9.69 Å². The number of methoxy groups -OCH3 is 1. The summed E-state index contributed by atoms with van der Waals surface area (Å²) in [6, 6.07) is 10.2. The SMILES string of the molecule is CCOc1ccc(C(CNC(=O)c2cc(S(=O)(=O)NC)ccc2C)N2CCOCC2)cc1OC. The molecule has 1 unspecified atom stereocenters. The van der Waals surface area contributed by atoms with Crippen molar-refractivity contribution in [2.75, 3.05) is 53.6 Å². The number of hydrogen-bond acceptors (Lipinski definition) is 7. The van der Waals surface area contributed by atoms with Gasteiger partial charge in [-0.15, -0.1) is 0 Å². The molecular formula is C24H33N3O6S. The lowest BCUT2D eigenvalue weighted by Crippen LogP contribution is -2.44. The van der Waals surface area contributed by atoms with Crippen LogP contribution in [0.2, 0.25) is 0 Å². The maximum absolute atomic E-state index is 13.1. The van der Waals surface area contributed by atoms with E-state index >= 15 is 0 Å². The molecule has 10 heteroatoms. The summed E-state index contributed by atoms with van der Waals surface area (Å²) in [6.45, 7) is 7.23. The van der Waals surface area contributed by atoms with Crippen LogP contribution in [-0.2, 0) is 14.8 Å². The zero-order valence-electron chi connectivity index (χ0n) is 20.1. The van der Waals surface area contributed by atoms with Crippen molar-refractivity contribution < 1.29 is 27.4 Å². The van der Waals surface area contributed by atoms with Gasteiger partial charge in [0.1, 0.15) is 0 Å². The molecule has 2 aromatic carbocycles.